The van der Waals surface area contributed by atoms with E-state index in [2.05, 4.69) is 33.7 Å². The van der Waals surface area contributed by atoms with Crippen LogP contribution in [0.4, 0.5) is 11.5 Å². The number of carbonyl (C=O) groups is 2. The van der Waals surface area contributed by atoms with Gasteiger partial charge in [-0.1, -0.05) is 24.3 Å². The van der Waals surface area contributed by atoms with Crippen molar-refractivity contribution in [1.29, 1.82) is 0 Å². The highest BCUT2D eigenvalue weighted by Gasteiger charge is 2.21. The molecule has 0 unspecified atom stereocenters. The molecule has 0 spiro atoms. The van der Waals surface area contributed by atoms with Gasteiger partial charge in [0.05, 0.1) is 6.20 Å². The number of likely N-dealkylation sites (N-methyl/N-ethyl adjacent to an activating group) is 2. The van der Waals surface area contributed by atoms with Gasteiger partial charge in [-0.3, -0.25) is 19.3 Å². The third kappa shape index (κ3) is 5.81. The van der Waals surface area contributed by atoms with E-state index in [9.17, 15) is 9.59 Å². The van der Waals surface area contributed by atoms with Crippen molar-refractivity contribution >= 4 is 36.1 Å². The van der Waals surface area contributed by atoms with E-state index in [0.29, 0.717) is 29.9 Å². The molecule has 198 valence electrons. The number of benzene rings is 1. The van der Waals surface area contributed by atoms with Crippen LogP contribution in [0.2, 0.25) is 0 Å². The van der Waals surface area contributed by atoms with E-state index in [1.807, 2.05) is 48.4 Å². The van der Waals surface area contributed by atoms with E-state index in [4.69, 9.17) is 5.73 Å². The number of aromatic nitrogens is 3. The second-order valence-corrected chi connectivity index (χ2v) is 9.69. The van der Waals surface area contributed by atoms with Crippen LogP contribution in [0.3, 0.4) is 0 Å². The van der Waals surface area contributed by atoms with Gasteiger partial charge in [-0.2, -0.15) is 5.10 Å². The topological polar surface area (TPSA) is 113 Å². The van der Waals surface area contributed by atoms with E-state index >= 15 is 0 Å². The summed E-state index contributed by atoms with van der Waals surface area (Å²) in [4.78, 5) is 39.2. The summed E-state index contributed by atoms with van der Waals surface area (Å²) in [5.74, 6) is 0.222. The van der Waals surface area contributed by atoms with Gasteiger partial charge < -0.3 is 20.4 Å². The molecule has 3 heterocycles. The second-order valence-electron chi connectivity index (χ2n) is 9.69. The smallest absolute Gasteiger partial charge is 0.249 e. The predicted octanol–water partition coefficient (Wildman–Crippen LogP) is 2.79. The maximum absolute atomic E-state index is 13.2. The molecule has 2 N–H and O–H groups in total. The van der Waals surface area contributed by atoms with Crippen LogP contribution in [-0.4, -0.2) is 95.3 Å². The Kier molecular flexibility index (Phi) is 8.02. The number of hydrogen-bond donors (Lipinski definition) is 1. The summed E-state index contributed by atoms with van der Waals surface area (Å²) in [7, 11) is 5.50. The van der Waals surface area contributed by atoms with Crippen LogP contribution in [0.1, 0.15) is 12.5 Å². The van der Waals surface area contributed by atoms with Crippen molar-refractivity contribution in [2.24, 2.45) is 4.99 Å². The molecule has 2 amide bonds. The Labute approximate surface area is 223 Å². The van der Waals surface area contributed by atoms with Crippen LogP contribution in [0.15, 0.2) is 53.4 Å². The Bertz CT molecular complexity index is 1370. The minimum absolute atomic E-state index is 0.00504. The number of nitrogens with two attached hydrogens (primary N) is 1. The first-order valence-electron chi connectivity index (χ1n) is 12.4. The Morgan fingerprint density at radius 1 is 1.08 bits per heavy atom. The zero-order chi connectivity index (χ0) is 27.4. The fourth-order valence-electron chi connectivity index (χ4n) is 4.33. The predicted molar refractivity (Wildman–Crippen MR) is 151 cm³/mol. The molecule has 4 rings (SSSR count). The lowest BCUT2D eigenvalue weighted by atomic mass is 9.96. The third-order valence-corrected chi connectivity index (χ3v) is 6.73. The Hall–Kier alpha value is -4.31. The van der Waals surface area contributed by atoms with Crippen LogP contribution < -0.4 is 5.73 Å². The molecule has 0 saturated carbocycles. The van der Waals surface area contributed by atoms with Crippen LogP contribution in [-0.2, 0) is 16.1 Å². The summed E-state index contributed by atoms with van der Waals surface area (Å²) in [6.45, 7) is 8.77. The molecule has 0 radical (unpaired) electrons. The molecule has 1 saturated heterocycles. The van der Waals surface area contributed by atoms with Crippen LogP contribution in [0, 0.1) is 0 Å². The number of carbonyl (C=O) groups excluding carboxylic acids is 2. The van der Waals surface area contributed by atoms with E-state index in [1.54, 1.807) is 31.2 Å². The molecule has 2 aromatic heterocycles. The van der Waals surface area contributed by atoms with Gasteiger partial charge in [0.15, 0.2) is 0 Å². The molecule has 1 fully saturated rings. The molecule has 0 aliphatic carbocycles. The number of pyridine rings is 1. The van der Waals surface area contributed by atoms with Gasteiger partial charge in [0.25, 0.3) is 0 Å². The fraction of sp³-hybridized carbons (Fsp3) is 0.321. The first-order valence-corrected chi connectivity index (χ1v) is 12.4. The SMILES string of the molecule is C=Nc1c(N)ncc(-c2ccc(-c3cnn(CC(=O)N(C)C)c3)cc2)c1/C=C(\C)C(=O)N1CCN(C)CC1. The maximum atomic E-state index is 13.2. The standard InChI is InChI=1S/C28H34N8O2/c1-19(28(38)35-12-10-34(5)11-13-35)14-23-24(16-31-27(29)26(23)30-2)21-8-6-20(7-9-21)22-15-32-36(17-22)18-25(37)33(3)4/h6-9,14-17H,2,10-13,18H2,1,3-5H3,(H2,29,31)/b19-14+. The summed E-state index contributed by atoms with van der Waals surface area (Å²) >= 11 is 0. The number of piperazine rings is 1. The average molecular weight is 515 g/mol. The largest absolute Gasteiger partial charge is 0.382 e. The Morgan fingerprint density at radius 2 is 1.74 bits per heavy atom. The normalized spacial score (nSPS) is 14.4. The molecule has 1 aliphatic heterocycles. The zero-order valence-electron chi connectivity index (χ0n) is 22.4. The van der Waals surface area contributed by atoms with Gasteiger partial charge in [0.1, 0.15) is 18.1 Å². The lowest BCUT2D eigenvalue weighted by molar-refractivity contribution is -0.129. The summed E-state index contributed by atoms with van der Waals surface area (Å²) < 4.78 is 1.63. The third-order valence-electron chi connectivity index (χ3n) is 6.73. The molecule has 38 heavy (non-hydrogen) atoms. The van der Waals surface area contributed by atoms with Crippen LogP contribution in [0.5, 0.6) is 0 Å². The Balaban J connectivity index is 1.63. The highest BCUT2D eigenvalue weighted by atomic mass is 16.2. The molecule has 1 aliphatic rings. The minimum atomic E-state index is -0.0283. The van der Waals surface area contributed by atoms with Gasteiger partial charge in [-0.25, -0.2) is 4.98 Å². The molecule has 3 aromatic rings. The molecular weight excluding hydrogens is 480 g/mol. The highest BCUT2D eigenvalue weighted by molar-refractivity contribution is 6.00. The fourth-order valence-corrected chi connectivity index (χ4v) is 4.33. The van der Waals surface area contributed by atoms with Crippen molar-refractivity contribution in [2.45, 2.75) is 13.5 Å². The summed E-state index contributed by atoms with van der Waals surface area (Å²) in [6, 6.07) is 7.93. The van der Waals surface area contributed by atoms with E-state index < -0.39 is 0 Å². The number of rotatable bonds is 7. The van der Waals surface area contributed by atoms with E-state index in [1.165, 1.54) is 4.90 Å². The van der Waals surface area contributed by atoms with Crippen LogP contribution in [0.25, 0.3) is 28.3 Å². The van der Waals surface area contributed by atoms with Gasteiger partial charge in [0, 0.05) is 74.9 Å². The Morgan fingerprint density at radius 3 is 2.37 bits per heavy atom. The molecule has 10 nitrogen and oxygen atoms in total. The lowest BCUT2D eigenvalue weighted by Crippen LogP contribution is -2.47. The molecule has 10 heteroatoms. The number of aliphatic imine (C=N–C) groups is 1. The van der Waals surface area contributed by atoms with Crippen LogP contribution >= 0.6 is 0 Å². The zero-order valence-corrected chi connectivity index (χ0v) is 22.4. The van der Waals surface area contributed by atoms with Gasteiger partial charge >= 0.3 is 0 Å². The van der Waals surface area contributed by atoms with Crippen molar-refractivity contribution in [3.05, 3.63) is 54.0 Å². The monoisotopic (exact) mass is 514 g/mol. The van der Waals surface area contributed by atoms with Gasteiger partial charge in [-0.05, 0) is 37.9 Å². The molecule has 0 bridgehead atoms. The average Bonchev–Trinajstić information content (AvgIpc) is 3.37. The summed E-state index contributed by atoms with van der Waals surface area (Å²) in [5.41, 5.74) is 11.4. The molecule has 1 aromatic carbocycles. The number of nitrogens with zero attached hydrogens (tertiary/aromatic N) is 7. The number of amides is 2. The maximum Gasteiger partial charge on any atom is 0.249 e. The van der Waals surface area contributed by atoms with E-state index in [0.717, 1.165) is 35.3 Å². The summed E-state index contributed by atoms with van der Waals surface area (Å²) in [6.07, 6.45) is 7.12. The second kappa shape index (κ2) is 11.4. The van der Waals surface area contributed by atoms with Crippen molar-refractivity contribution in [3.8, 4) is 22.3 Å². The van der Waals surface area contributed by atoms with E-state index in [-0.39, 0.29) is 24.2 Å². The number of nitrogen functional groups attached to an aromatic ring is 1. The first-order chi connectivity index (χ1) is 18.2. The van der Waals surface area contributed by atoms with Crippen molar-refractivity contribution in [2.75, 3.05) is 53.1 Å². The lowest BCUT2D eigenvalue weighted by Gasteiger charge is -2.32. The van der Waals surface area contributed by atoms with Gasteiger partial charge in [0.2, 0.25) is 11.8 Å². The first kappa shape index (κ1) is 26.7. The summed E-state index contributed by atoms with van der Waals surface area (Å²) in [5, 5.41) is 4.31. The number of anilines is 1. The van der Waals surface area contributed by atoms with Crippen molar-refractivity contribution in [1.82, 2.24) is 29.5 Å². The minimum Gasteiger partial charge on any atom is -0.382 e. The van der Waals surface area contributed by atoms with Crippen molar-refractivity contribution in [3.63, 3.8) is 0 Å². The molecule has 0 atom stereocenters. The highest BCUT2D eigenvalue weighted by Crippen LogP contribution is 2.36. The quantitative estimate of drug-likeness (QED) is 0.383. The molecular formula is C28H34N8O2. The number of hydrogen-bond acceptors (Lipinski definition) is 7. The van der Waals surface area contributed by atoms with Crippen molar-refractivity contribution < 1.29 is 9.59 Å². The van der Waals surface area contributed by atoms with Gasteiger partial charge in [-0.15, -0.1) is 0 Å².